The smallest absolute Gasteiger partial charge is 0.222 e. The Morgan fingerprint density at radius 1 is 1.47 bits per heavy atom. The molecule has 1 atom stereocenters. The van der Waals surface area contributed by atoms with Gasteiger partial charge < -0.3 is 10.6 Å². The van der Waals surface area contributed by atoms with Gasteiger partial charge in [-0.2, -0.15) is 0 Å². The Bertz CT molecular complexity index is 425. The third-order valence-electron chi connectivity index (χ3n) is 2.77. The van der Waals surface area contributed by atoms with Crippen LogP contribution in [0.4, 0.5) is 5.69 Å². The maximum absolute atomic E-state index is 11.4. The number of hydrogen-bond donors (Lipinski definition) is 2. The normalized spacial score (nSPS) is 20.6. The highest BCUT2D eigenvalue weighted by Crippen LogP contribution is 2.26. The minimum Gasteiger partial charge on any atom is -0.382 e. The molecule has 5 heteroatoms. The van der Waals surface area contributed by atoms with Gasteiger partial charge in [0.25, 0.3) is 0 Å². The molecule has 1 unspecified atom stereocenters. The minimum atomic E-state index is 0.114. The van der Waals surface area contributed by atoms with Crippen LogP contribution in [0, 0.1) is 0 Å². The number of halogens is 2. The van der Waals surface area contributed by atoms with Gasteiger partial charge >= 0.3 is 0 Å². The molecule has 3 nitrogen and oxygen atoms in total. The lowest BCUT2D eigenvalue weighted by atomic mass is 10.1. The molecule has 1 aliphatic rings. The van der Waals surface area contributed by atoms with E-state index in [1.165, 1.54) is 0 Å². The van der Waals surface area contributed by atoms with Crippen LogP contribution in [0.3, 0.4) is 0 Å². The molecule has 1 heterocycles. The number of hydrogen-bond acceptors (Lipinski definition) is 2. The quantitative estimate of drug-likeness (QED) is 0.879. The minimum absolute atomic E-state index is 0.114. The third-order valence-corrected chi connectivity index (χ3v) is 4.01. The first-order valence-electron chi connectivity index (χ1n) is 5.63. The molecule has 0 aliphatic carbocycles. The first-order valence-corrected chi connectivity index (χ1v) is 6.80. The van der Waals surface area contributed by atoms with Gasteiger partial charge in [0.2, 0.25) is 5.91 Å². The summed E-state index contributed by atoms with van der Waals surface area (Å²) in [4.78, 5) is 11.4. The van der Waals surface area contributed by atoms with Crippen molar-refractivity contribution in [1.29, 1.82) is 0 Å². The number of benzene rings is 1. The van der Waals surface area contributed by atoms with E-state index < -0.39 is 0 Å². The molecule has 1 fully saturated rings. The number of carbonyl (C=O) groups excluding carboxylic acids is 1. The van der Waals surface area contributed by atoms with Crippen molar-refractivity contribution in [2.45, 2.75) is 25.3 Å². The highest BCUT2D eigenvalue weighted by molar-refractivity contribution is 9.10. The van der Waals surface area contributed by atoms with Crippen LogP contribution in [0.5, 0.6) is 0 Å². The molecule has 92 valence electrons. The van der Waals surface area contributed by atoms with Crippen molar-refractivity contribution in [3.8, 4) is 0 Å². The Morgan fingerprint density at radius 3 is 3.06 bits per heavy atom. The molecule has 1 aliphatic heterocycles. The summed E-state index contributed by atoms with van der Waals surface area (Å²) in [5, 5.41) is 6.90. The Kier molecular flexibility index (Phi) is 4.29. The van der Waals surface area contributed by atoms with Crippen LogP contribution < -0.4 is 10.6 Å². The maximum Gasteiger partial charge on any atom is 0.222 e. The molecule has 17 heavy (non-hydrogen) atoms. The van der Waals surface area contributed by atoms with Crippen molar-refractivity contribution < 1.29 is 4.79 Å². The van der Waals surface area contributed by atoms with E-state index in [2.05, 4.69) is 26.6 Å². The van der Waals surface area contributed by atoms with Gasteiger partial charge in [-0.25, -0.2) is 0 Å². The number of anilines is 1. The van der Waals surface area contributed by atoms with Gasteiger partial charge in [-0.3, -0.25) is 4.79 Å². The number of rotatable bonds is 2. The lowest BCUT2D eigenvalue weighted by molar-refractivity contribution is -0.120. The van der Waals surface area contributed by atoms with Crippen LogP contribution in [0.1, 0.15) is 19.3 Å². The predicted molar refractivity (Wildman–Crippen MR) is 73.4 cm³/mol. The maximum atomic E-state index is 11.4. The van der Waals surface area contributed by atoms with Crippen LogP contribution in [0.15, 0.2) is 22.7 Å². The summed E-state index contributed by atoms with van der Waals surface area (Å²) >= 11 is 9.38. The fraction of sp³-hybridized carbons (Fsp3) is 0.417. The van der Waals surface area contributed by atoms with Crippen molar-refractivity contribution in [1.82, 2.24) is 5.32 Å². The van der Waals surface area contributed by atoms with Crippen molar-refractivity contribution in [3.63, 3.8) is 0 Å². The van der Waals surface area contributed by atoms with Gasteiger partial charge in [0.1, 0.15) is 0 Å². The zero-order valence-corrected chi connectivity index (χ0v) is 11.6. The molecule has 2 rings (SSSR count). The van der Waals surface area contributed by atoms with E-state index in [1.807, 2.05) is 18.2 Å². The van der Waals surface area contributed by atoms with Crippen molar-refractivity contribution >= 4 is 39.1 Å². The molecule has 1 aromatic carbocycles. The molecular weight excluding hydrogens is 304 g/mol. The van der Waals surface area contributed by atoms with Gasteiger partial charge in [-0.1, -0.05) is 11.6 Å². The zero-order valence-electron chi connectivity index (χ0n) is 9.30. The molecule has 0 aromatic heterocycles. The molecule has 1 aromatic rings. The molecule has 0 bridgehead atoms. The second kappa shape index (κ2) is 5.74. The van der Waals surface area contributed by atoms with E-state index in [0.717, 1.165) is 29.5 Å². The van der Waals surface area contributed by atoms with Crippen LogP contribution in [-0.2, 0) is 4.79 Å². The molecule has 0 spiro atoms. The van der Waals surface area contributed by atoms with Gasteiger partial charge in [0.05, 0.1) is 5.02 Å². The average Bonchev–Trinajstić information content (AvgIpc) is 2.48. The van der Waals surface area contributed by atoms with E-state index in [9.17, 15) is 4.79 Å². The van der Waals surface area contributed by atoms with Crippen LogP contribution in [-0.4, -0.2) is 18.5 Å². The SMILES string of the molecule is O=C1CC(Nc2ccc(Br)c(Cl)c2)CCCN1. The molecule has 1 saturated heterocycles. The summed E-state index contributed by atoms with van der Waals surface area (Å²) in [7, 11) is 0. The second-order valence-corrected chi connectivity index (χ2v) is 5.43. The highest BCUT2D eigenvalue weighted by Gasteiger charge is 2.17. The monoisotopic (exact) mass is 316 g/mol. The lowest BCUT2D eigenvalue weighted by Crippen LogP contribution is -2.26. The van der Waals surface area contributed by atoms with Crippen molar-refractivity contribution in [3.05, 3.63) is 27.7 Å². The third kappa shape index (κ3) is 3.61. The first kappa shape index (κ1) is 12.7. The van der Waals surface area contributed by atoms with Gasteiger partial charge in [0.15, 0.2) is 0 Å². The molecule has 0 radical (unpaired) electrons. The Hall–Kier alpha value is -0.740. The van der Waals surface area contributed by atoms with Gasteiger partial charge in [-0.15, -0.1) is 0 Å². The Labute approximate surface area is 114 Å². The van der Waals surface area contributed by atoms with E-state index in [0.29, 0.717) is 11.4 Å². The fourth-order valence-electron chi connectivity index (χ4n) is 1.92. The highest BCUT2D eigenvalue weighted by atomic mass is 79.9. The molecule has 0 saturated carbocycles. The second-order valence-electron chi connectivity index (χ2n) is 4.17. The fourth-order valence-corrected chi connectivity index (χ4v) is 2.35. The number of amides is 1. The van der Waals surface area contributed by atoms with E-state index in [4.69, 9.17) is 11.6 Å². The van der Waals surface area contributed by atoms with Crippen molar-refractivity contribution in [2.75, 3.05) is 11.9 Å². The number of carbonyl (C=O) groups is 1. The Morgan fingerprint density at radius 2 is 2.29 bits per heavy atom. The van der Waals surface area contributed by atoms with Crippen LogP contribution in [0.2, 0.25) is 5.02 Å². The van der Waals surface area contributed by atoms with Crippen LogP contribution in [0.25, 0.3) is 0 Å². The summed E-state index contributed by atoms with van der Waals surface area (Å²) < 4.78 is 0.878. The summed E-state index contributed by atoms with van der Waals surface area (Å²) in [6, 6.07) is 5.92. The van der Waals surface area contributed by atoms with Gasteiger partial charge in [-0.05, 0) is 47.0 Å². The molecule has 1 amide bonds. The van der Waals surface area contributed by atoms with E-state index >= 15 is 0 Å². The van der Waals surface area contributed by atoms with E-state index in [-0.39, 0.29) is 11.9 Å². The summed E-state index contributed by atoms with van der Waals surface area (Å²) in [6.07, 6.45) is 2.52. The Balaban J connectivity index is 2.03. The number of nitrogens with one attached hydrogen (secondary N) is 2. The predicted octanol–water partition coefficient (Wildman–Crippen LogP) is 3.18. The molecule has 2 N–H and O–H groups in total. The lowest BCUT2D eigenvalue weighted by Gasteiger charge is -2.16. The summed E-state index contributed by atoms with van der Waals surface area (Å²) in [5.41, 5.74) is 0.956. The van der Waals surface area contributed by atoms with E-state index in [1.54, 1.807) is 0 Å². The topological polar surface area (TPSA) is 41.1 Å². The average molecular weight is 318 g/mol. The standard InChI is InChI=1S/C12H14BrClN2O/c13-10-4-3-9(6-11(10)14)16-8-2-1-5-15-12(17)7-8/h3-4,6,8,16H,1-2,5,7H2,(H,15,17). The first-order chi connectivity index (χ1) is 8.15. The van der Waals surface area contributed by atoms with Crippen LogP contribution >= 0.6 is 27.5 Å². The van der Waals surface area contributed by atoms with Crippen molar-refractivity contribution in [2.24, 2.45) is 0 Å². The molecular formula is C12H14BrClN2O. The zero-order chi connectivity index (χ0) is 12.3. The summed E-state index contributed by atoms with van der Waals surface area (Å²) in [5.74, 6) is 0.114. The largest absolute Gasteiger partial charge is 0.382 e. The van der Waals surface area contributed by atoms with Gasteiger partial charge in [0, 0.05) is 29.2 Å². The summed E-state index contributed by atoms with van der Waals surface area (Å²) in [6.45, 7) is 0.776.